The molecule has 0 fully saturated rings. The highest BCUT2D eigenvalue weighted by Gasteiger charge is 2.23. The molecule has 0 spiro atoms. The molecule has 4 N–H and O–H groups in total. The number of hydrogen-bond donors (Lipinski definition) is 4. The molecule has 1 aromatic carbocycles. The first-order chi connectivity index (χ1) is 12.5. The van der Waals surface area contributed by atoms with E-state index in [4.69, 9.17) is 0 Å². The number of nitrogens with zero attached hydrogens (tertiary/aromatic N) is 2. The highest BCUT2D eigenvalue weighted by atomic mass is 79.9. The summed E-state index contributed by atoms with van der Waals surface area (Å²) in [5, 5.41) is 18.1. The minimum Gasteiger partial charge on any atom is -0.388 e. The molecule has 7 nitrogen and oxygen atoms in total. The van der Waals surface area contributed by atoms with Crippen LogP contribution in [-0.2, 0) is 9.71 Å². The average Bonchev–Trinajstić information content (AvgIpc) is 2.58. The maximum absolute atomic E-state index is 12.1. The van der Waals surface area contributed by atoms with Gasteiger partial charge in [-0.05, 0) is 73.3 Å². The Kier molecular flexibility index (Phi) is 6.72. The van der Waals surface area contributed by atoms with Crippen LogP contribution in [0, 0.1) is 0 Å². The van der Waals surface area contributed by atoms with Gasteiger partial charge in [0.25, 0.3) is 0 Å². The van der Waals surface area contributed by atoms with Gasteiger partial charge in [-0.2, -0.15) is 4.98 Å². The molecule has 148 valence electrons. The van der Waals surface area contributed by atoms with E-state index in [0.29, 0.717) is 16.2 Å². The Balaban J connectivity index is 2.14. The largest absolute Gasteiger partial charge is 0.388 e. The minimum absolute atomic E-state index is 0.207. The van der Waals surface area contributed by atoms with E-state index in [9.17, 15) is 9.32 Å². The molecule has 1 heterocycles. The van der Waals surface area contributed by atoms with Crippen LogP contribution in [0.25, 0.3) is 0 Å². The molecule has 2 aromatic rings. The number of anilines is 4. The first-order valence-electron chi connectivity index (χ1n) is 8.45. The SMILES string of the molecule is CC=S(C)(=O)Nc1ccc(Nc2ncc(Br)c(N[C@H](C)C(C)(C)O)n2)cc1. The number of aliphatic hydroxyl groups is 1. The number of aromatic nitrogens is 2. The topological polar surface area (TPSA) is 99.2 Å². The standard InChI is InChI=1S/C18H26BrN5O2S/c1-6-27(5,26)24-14-9-7-13(8-10-14)22-17-20-11-15(19)16(23-17)21-12(2)18(3,4)25/h6-12,25H,1-5H3,(H,24,26)(H2,20,21,22,23)/t12-,27?/m1/s1. The van der Waals surface area contributed by atoms with E-state index < -0.39 is 15.3 Å². The van der Waals surface area contributed by atoms with Crippen molar-refractivity contribution in [1.29, 1.82) is 0 Å². The molecule has 0 saturated carbocycles. The molecule has 0 saturated heterocycles. The van der Waals surface area contributed by atoms with Crippen molar-refractivity contribution in [2.24, 2.45) is 0 Å². The first-order valence-corrected chi connectivity index (χ1v) is 11.3. The Bertz CT molecular complexity index is 903. The van der Waals surface area contributed by atoms with Crippen LogP contribution in [-0.4, -0.2) is 42.5 Å². The number of benzene rings is 1. The van der Waals surface area contributed by atoms with Gasteiger partial charge in [0.2, 0.25) is 5.95 Å². The predicted octanol–water partition coefficient (Wildman–Crippen LogP) is 3.62. The first kappa shape index (κ1) is 21.5. The Hall–Kier alpha value is -1.84. The maximum atomic E-state index is 12.1. The van der Waals surface area contributed by atoms with Gasteiger partial charge in [-0.3, -0.25) is 0 Å². The van der Waals surface area contributed by atoms with E-state index in [0.717, 1.165) is 11.4 Å². The number of rotatable bonds is 7. The number of nitrogens with one attached hydrogen (secondary N) is 3. The van der Waals surface area contributed by atoms with Gasteiger partial charge in [-0.25, -0.2) is 9.19 Å². The molecule has 1 aromatic heterocycles. The second-order valence-corrected chi connectivity index (χ2v) is 10.2. The third-order valence-electron chi connectivity index (χ3n) is 4.07. The second-order valence-electron chi connectivity index (χ2n) is 6.85. The highest BCUT2D eigenvalue weighted by Crippen LogP contribution is 2.25. The van der Waals surface area contributed by atoms with Gasteiger partial charge in [0.1, 0.15) is 5.82 Å². The molecule has 0 radical (unpaired) electrons. The van der Waals surface area contributed by atoms with E-state index in [1.54, 1.807) is 38.6 Å². The molecule has 0 aliphatic rings. The van der Waals surface area contributed by atoms with E-state index in [2.05, 4.69) is 41.3 Å². The number of hydrogen-bond acceptors (Lipinski definition) is 6. The van der Waals surface area contributed by atoms with E-state index in [-0.39, 0.29) is 6.04 Å². The van der Waals surface area contributed by atoms with Gasteiger partial charge in [0.15, 0.2) is 0 Å². The fourth-order valence-corrected chi connectivity index (χ4v) is 2.98. The highest BCUT2D eigenvalue weighted by molar-refractivity contribution is 9.10. The monoisotopic (exact) mass is 455 g/mol. The molecule has 0 aliphatic carbocycles. The summed E-state index contributed by atoms with van der Waals surface area (Å²) in [6.07, 6.45) is 3.30. The summed E-state index contributed by atoms with van der Waals surface area (Å²) in [6, 6.07) is 7.17. The van der Waals surface area contributed by atoms with Gasteiger partial charge in [0, 0.05) is 33.5 Å². The Morgan fingerprint density at radius 2 is 1.85 bits per heavy atom. The third kappa shape index (κ3) is 6.37. The van der Waals surface area contributed by atoms with E-state index in [1.165, 1.54) is 0 Å². The zero-order valence-corrected chi connectivity index (χ0v) is 18.5. The molecule has 9 heteroatoms. The lowest BCUT2D eigenvalue weighted by molar-refractivity contribution is 0.0647. The quantitative estimate of drug-likeness (QED) is 0.475. The van der Waals surface area contributed by atoms with Crippen LogP contribution in [0.5, 0.6) is 0 Å². The van der Waals surface area contributed by atoms with Gasteiger partial charge in [-0.1, -0.05) is 0 Å². The summed E-state index contributed by atoms with van der Waals surface area (Å²) in [4.78, 5) is 8.72. The normalized spacial score (nSPS) is 14.8. The van der Waals surface area contributed by atoms with Gasteiger partial charge in [0.05, 0.1) is 16.1 Å². The molecular weight excluding hydrogens is 430 g/mol. The maximum Gasteiger partial charge on any atom is 0.229 e. The molecule has 27 heavy (non-hydrogen) atoms. The zero-order chi connectivity index (χ0) is 20.2. The molecule has 2 atom stereocenters. The van der Waals surface area contributed by atoms with Crippen LogP contribution in [0.4, 0.5) is 23.1 Å². The molecule has 1 unspecified atom stereocenters. The van der Waals surface area contributed by atoms with Crippen LogP contribution in [0.15, 0.2) is 34.9 Å². The molecule has 0 aliphatic heterocycles. The molecule has 0 bridgehead atoms. The third-order valence-corrected chi connectivity index (χ3v) is 6.19. The van der Waals surface area contributed by atoms with Crippen LogP contribution in [0.2, 0.25) is 0 Å². The van der Waals surface area contributed by atoms with Crippen molar-refractivity contribution in [2.75, 3.05) is 21.6 Å². The summed E-state index contributed by atoms with van der Waals surface area (Å²) in [5.41, 5.74) is 0.672. The van der Waals surface area contributed by atoms with Crippen molar-refractivity contribution in [3.8, 4) is 0 Å². The fraction of sp³-hybridized carbons (Fsp3) is 0.389. The smallest absolute Gasteiger partial charge is 0.229 e. The van der Waals surface area contributed by atoms with Crippen LogP contribution in [0.1, 0.15) is 27.7 Å². The predicted molar refractivity (Wildman–Crippen MR) is 118 cm³/mol. The van der Waals surface area contributed by atoms with E-state index in [1.807, 2.05) is 31.2 Å². The van der Waals surface area contributed by atoms with Crippen molar-refractivity contribution < 1.29 is 9.32 Å². The average molecular weight is 456 g/mol. The Labute approximate surface area is 169 Å². The van der Waals surface area contributed by atoms with Crippen molar-refractivity contribution >= 4 is 54.1 Å². The van der Waals surface area contributed by atoms with Crippen LogP contribution >= 0.6 is 15.9 Å². The van der Waals surface area contributed by atoms with Crippen molar-refractivity contribution in [1.82, 2.24) is 9.97 Å². The summed E-state index contributed by atoms with van der Waals surface area (Å²) >= 11 is 3.42. The van der Waals surface area contributed by atoms with E-state index >= 15 is 0 Å². The lowest BCUT2D eigenvalue weighted by Crippen LogP contribution is -2.39. The Morgan fingerprint density at radius 3 is 2.41 bits per heavy atom. The van der Waals surface area contributed by atoms with Crippen molar-refractivity contribution in [3.63, 3.8) is 0 Å². The Morgan fingerprint density at radius 1 is 1.26 bits per heavy atom. The molecule has 0 amide bonds. The summed E-state index contributed by atoms with van der Waals surface area (Å²) < 4.78 is 15.8. The summed E-state index contributed by atoms with van der Waals surface area (Å²) in [7, 11) is -2.18. The van der Waals surface area contributed by atoms with Crippen molar-refractivity contribution in [3.05, 3.63) is 34.9 Å². The molecule has 2 rings (SSSR count). The minimum atomic E-state index is -2.18. The second kappa shape index (κ2) is 8.45. The van der Waals surface area contributed by atoms with Gasteiger partial charge < -0.3 is 20.5 Å². The van der Waals surface area contributed by atoms with Gasteiger partial charge in [-0.15, -0.1) is 0 Å². The summed E-state index contributed by atoms with van der Waals surface area (Å²) in [5.74, 6) is 1.01. The number of halogens is 1. The lowest BCUT2D eigenvalue weighted by atomic mass is 10.0. The van der Waals surface area contributed by atoms with Crippen LogP contribution in [0.3, 0.4) is 0 Å². The summed E-state index contributed by atoms with van der Waals surface area (Å²) in [6.45, 7) is 7.12. The molecular formula is C18H26BrN5O2S. The lowest BCUT2D eigenvalue weighted by Gasteiger charge is -2.27. The van der Waals surface area contributed by atoms with Crippen LogP contribution < -0.4 is 15.4 Å². The van der Waals surface area contributed by atoms with Gasteiger partial charge >= 0.3 is 0 Å². The fourth-order valence-electron chi connectivity index (χ4n) is 1.95. The zero-order valence-electron chi connectivity index (χ0n) is 16.1. The van der Waals surface area contributed by atoms with Crippen molar-refractivity contribution in [2.45, 2.75) is 39.3 Å².